The molecule has 13 heavy (non-hydrogen) atoms. The second kappa shape index (κ2) is 4.50. The van der Waals surface area contributed by atoms with Gasteiger partial charge in [-0.3, -0.25) is 5.10 Å². The Morgan fingerprint density at radius 3 is 2.77 bits per heavy atom. The molecular weight excluding hydrogens is 190 g/mol. The molecule has 0 aliphatic heterocycles. The average molecular weight is 203 g/mol. The minimum Gasteiger partial charge on any atom is -0.390 e. The molecule has 1 heterocycles. The number of aromatic amines is 1. The Hall–Kier alpha value is -0.720. The number of anilines is 1. The Morgan fingerprint density at radius 2 is 2.31 bits per heavy atom. The van der Waals surface area contributed by atoms with Crippen LogP contribution in [0.2, 0.25) is 0 Å². The maximum atomic E-state index is 9.52. The molecule has 5 nitrogen and oxygen atoms in total. The number of hydrogen-bond acceptors (Lipinski definition) is 5. The van der Waals surface area contributed by atoms with Crippen molar-refractivity contribution in [3.8, 4) is 0 Å². The number of nitrogens with one attached hydrogen (secondary N) is 1. The van der Waals surface area contributed by atoms with Crippen LogP contribution in [0.15, 0.2) is 6.07 Å². The molecule has 0 aliphatic carbocycles. The number of nitrogen functional groups attached to an aromatic ring is 1. The number of thiol groups is 1. The van der Waals surface area contributed by atoms with Crippen molar-refractivity contribution in [2.75, 3.05) is 11.5 Å². The van der Waals surface area contributed by atoms with Crippen molar-refractivity contribution in [2.24, 2.45) is 0 Å². The number of aliphatic hydroxyl groups excluding tert-OH is 2. The van der Waals surface area contributed by atoms with E-state index in [9.17, 15) is 10.2 Å². The van der Waals surface area contributed by atoms with Gasteiger partial charge in [0.25, 0.3) is 0 Å². The topological polar surface area (TPSA) is 95.2 Å². The maximum absolute atomic E-state index is 9.52. The highest BCUT2D eigenvalue weighted by Gasteiger charge is 2.19. The van der Waals surface area contributed by atoms with E-state index >= 15 is 0 Å². The van der Waals surface area contributed by atoms with Gasteiger partial charge in [-0.1, -0.05) is 0 Å². The third kappa shape index (κ3) is 2.61. The summed E-state index contributed by atoms with van der Waals surface area (Å²) in [7, 11) is 0. The van der Waals surface area contributed by atoms with Crippen LogP contribution >= 0.6 is 12.6 Å². The third-order valence-corrected chi connectivity index (χ3v) is 1.98. The Balaban J connectivity index is 2.61. The van der Waals surface area contributed by atoms with Gasteiger partial charge in [0.1, 0.15) is 11.9 Å². The summed E-state index contributed by atoms with van der Waals surface area (Å²) >= 11 is 3.95. The predicted molar refractivity (Wildman–Crippen MR) is 52.4 cm³/mol. The molecule has 0 spiro atoms. The van der Waals surface area contributed by atoms with Crippen LogP contribution in [0.1, 0.15) is 18.2 Å². The van der Waals surface area contributed by atoms with Crippen molar-refractivity contribution < 1.29 is 10.2 Å². The lowest BCUT2D eigenvalue weighted by atomic mass is 10.1. The maximum Gasteiger partial charge on any atom is 0.145 e. The summed E-state index contributed by atoms with van der Waals surface area (Å²) in [5.41, 5.74) is 5.76. The van der Waals surface area contributed by atoms with Crippen molar-refractivity contribution in [3.05, 3.63) is 11.8 Å². The molecule has 0 amide bonds. The fourth-order valence-electron chi connectivity index (χ4n) is 1.00. The molecule has 0 aliphatic rings. The van der Waals surface area contributed by atoms with Crippen molar-refractivity contribution in [1.82, 2.24) is 10.2 Å². The van der Waals surface area contributed by atoms with Gasteiger partial charge in [0.05, 0.1) is 11.8 Å². The van der Waals surface area contributed by atoms with Gasteiger partial charge in [0.15, 0.2) is 0 Å². The van der Waals surface area contributed by atoms with Crippen molar-refractivity contribution in [2.45, 2.75) is 18.6 Å². The molecule has 0 saturated carbocycles. The van der Waals surface area contributed by atoms with Gasteiger partial charge in [-0.15, -0.1) is 0 Å². The number of H-pyrrole nitrogens is 1. The van der Waals surface area contributed by atoms with Gasteiger partial charge in [-0.05, 0) is 12.2 Å². The smallest absolute Gasteiger partial charge is 0.145 e. The largest absolute Gasteiger partial charge is 0.390 e. The molecule has 1 aromatic heterocycles. The molecule has 2 atom stereocenters. The minimum absolute atomic E-state index is 0.298. The average Bonchev–Trinajstić information content (AvgIpc) is 2.51. The fourth-order valence-corrected chi connectivity index (χ4v) is 1.27. The number of aliphatic hydroxyl groups is 2. The zero-order valence-electron chi connectivity index (χ0n) is 7.01. The summed E-state index contributed by atoms with van der Waals surface area (Å²) in [5, 5.41) is 25.1. The first-order chi connectivity index (χ1) is 6.15. The SMILES string of the molecule is Nc1cc(C(O)C(O)CCS)[nH]n1. The van der Waals surface area contributed by atoms with Gasteiger partial charge >= 0.3 is 0 Å². The van der Waals surface area contributed by atoms with E-state index in [1.165, 1.54) is 6.07 Å². The molecule has 0 fully saturated rings. The predicted octanol–water partition coefficient (Wildman–Crippen LogP) is -0.294. The van der Waals surface area contributed by atoms with Crippen LogP contribution in [0.25, 0.3) is 0 Å². The van der Waals surface area contributed by atoms with E-state index in [-0.39, 0.29) is 0 Å². The van der Waals surface area contributed by atoms with Gasteiger partial charge in [0.2, 0.25) is 0 Å². The summed E-state index contributed by atoms with van der Waals surface area (Å²) in [6.07, 6.45) is -1.39. The lowest BCUT2D eigenvalue weighted by Crippen LogP contribution is -2.18. The van der Waals surface area contributed by atoms with Gasteiger partial charge in [-0.2, -0.15) is 17.7 Å². The standard InChI is InChI=1S/C7H13N3O2S/c8-6-3-4(9-10-6)7(12)5(11)1-2-13/h3,5,7,11-13H,1-2H2,(H3,8,9,10). The number of hydrogen-bond donors (Lipinski definition) is 5. The molecule has 0 saturated heterocycles. The first-order valence-electron chi connectivity index (χ1n) is 3.93. The normalized spacial score (nSPS) is 15.6. The molecular formula is C7H13N3O2S. The highest BCUT2D eigenvalue weighted by molar-refractivity contribution is 7.80. The molecule has 0 aromatic carbocycles. The summed E-state index contributed by atoms with van der Waals surface area (Å²) in [5.74, 6) is 0.814. The number of rotatable bonds is 4. The molecule has 2 unspecified atom stereocenters. The zero-order chi connectivity index (χ0) is 9.84. The van der Waals surface area contributed by atoms with E-state index in [0.29, 0.717) is 23.7 Å². The summed E-state index contributed by atoms with van der Waals surface area (Å²) < 4.78 is 0. The second-order valence-corrected chi connectivity index (χ2v) is 3.22. The van der Waals surface area contributed by atoms with Crippen molar-refractivity contribution in [3.63, 3.8) is 0 Å². The Morgan fingerprint density at radius 1 is 1.62 bits per heavy atom. The van der Waals surface area contributed by atoms with Crippen molar-refractivity contribution in [1.29, 1.82) is 0 Å². The first-order valence-corrected chi connectivity index (χ1v) is 4.56. The van der Waals surface area contributed by atoms with Gasteiger partial charge in [-0.25, -0.2) is 0 Å². The molecule has 1 rings (SSSR count). The lowest BCUT2D eigenvalue weighted by Gasteiger charge is -2.14. The van der Waals surface area contributed by atoms with E-state index in [1.807, 2.05) is 0 Å². The van der Waals surface area contributed by atoms with E-state index in [0.717, 1.165) is 0 Å². The molecule has 5 N–H and O–H groups in total. The summed E-state index contributed by atoms with van der Waals surface area (Å²) in [6, 6.07) is 1.49. The van der Waals surface area contributed by atoms with Gasteiger partial charge < -0.3 is 15.9 Å². The monoisotopic (exact) mass is 203 g/mol. The Bertz CT molecular complexity index is 266. The fraction of sp³-hybridized carbons (Fsp3) is 0.571. The highest BCUT2D eigenvalue weighted by atomic mass is 32.1. The van der Waals surface area contributed by atoms with Crippen molar-refractivity contribution >= 4 is 18.4 Å². The van der Waals surface area contributed by atoms with E-state index in [4.69, 9.17) is 5.73 Å². The van der Waals surface area contributed by atoms with Crippen LogP contribution in [0, 0.1) is 0 Å². The zero-order valence-corrected chi connectivity index (χ0v) is 7.91. The van der Waals surface area contributed by atoms with Crippen LogP contribution in [-0.2, 0) is 0 Å². The Labute approximate surface area is 81.4 Å². The van der Waals surface area contributed by atoms with Crippen LogP contribution in [-0.4, -0.2) is 32.3 Å². The van der Waals surface area contributed by atoms with Gasteiger partial charge in [0, 0.05) is 6.07 Å². The summed E-state index contributed by atoms with van der Waals surface area (Å²) in [4.78, 5) is 0. The van der Waals surface area contributed by atoms with Crippen LogP contribution < -0.4 is 5.73 Å². The van der Waals surface area contributed by atoms with E-state index < -0.39 is 12.2 Å². The number of aromatic nitrogens is 2. The van der Waals surface area contributed by atoms with E-state index in [2.05, 4.69) is 22.8 Å². The van der Waals surface area contributed by atoms with E-state index in [1.54, 1.807) is 0 Å². The Kier molecular flexibility index (Phi) is 3.58. The first kappa shape index (κ1) is 10.4. The van der Waals surface area contributed by atoms with Crippen LogP contribution in [0.3, 0.4) is 0 Å². The molecule has 74 valence electrons. The quantitative estimate of drug-likeness (QED) is 0.434. The highest BCUT2D eigenvalue weighted by Crippen LogP contribution is 2.18. The van der Waals surface area contributed by atoms with Crippen LogP contribution in [0.5, 0.6) is 0 Å². The summed E-state index contributed by atoms with van der Waals surface area (Å²) in [6.45, 7) is 0. The third-order valence-electron chi connectivity index (χ3n) is 1.73. The minimum atomic E-state index is -0.975. The molecule has 6 heteroatoms. The van der Waals surface area contributed by atoms with Crippen LogP contribution in [0.4, 0.5) is 5.82 Å². The number of nitrogens with zero attached hydrogens (tertiary/aromatic N) is 1. The molecule has 0 radical (unpaired) electrons. The number of nitrogens with two attached hydrogens (primary N) is 1. The lowest BCUT2D eigenvalue weighted by molar-refractivity contribution is 0.0147. The molecule has 1 aromatic rings. The molecule has 0 bridgehead atoms. The second-order valence-electron chi connectivity index (χ2n) is 2.77.